The zero-order valence-corrected chi connectivity index (χ0v) is 38.1. The van der Waals surface area contributed by atoms with Gasteiger partial charge in [0.05, 0.1) is 12.1 Å². The Morgan fingerprint density at radius 2 is 0.800 bits per heavy atom. The lowest BCUT2D eigenvalue weighted by atomic mass is 9.94. The topological polar surface area (TPSA) is 139 Å². The minimum Gasteiger partial charge on any atom is -0.383 e. The number of hydrogen-bond acceptors (Lipinski definition) is 9. The summed E-state index contributed by atoms with van der Waals surface area (Å²) in [5, 5.41) is 9.83. The van der Waals surface area contributed by atoms with Crippen LogP contribution in [0.2, 0.25) is 0 Å². The van der Waals surface area contributed by atoms with E-state index in [-0.39, 0.29) is 94.4 Å². The predicted molar refractivity (Wildman–Crippen MR) is 230 cm³/mol. The molecular weight excluding hydrogens is 691 g/mol. The van der Waals surface area contributed by atoms with Crippen LogP contribution in [0.15, 0.2) is 18.2 Å². The summed E-state index contributed by atoms with van der Waals surface area (Å²) >= 11 is 0. The van der Waals surface area contributed by atoms with Crippen molar-refractivity contribution in [3.63, 3.8) is 0 Å². The van der Waals surface area contributed by atoms with Gasteiger partial charge in [-0.15, -0.1) is 0 Å². The van der Waals surface area contributed by atoms with E-state index in [2.05, 4.69) is 16.0 Å². The van der Waals surface area contributed by atoms with Gasteiger partial charge in [-0.25, -0.2) is 0 Å². The molecule has 1 rings (SSSR count). The third-order valence-corrected chi connectivity index (χ3v) is 8.78. The number of carbonyl (C=O) groups is 6. The largest absolute Gasteiger partial charge is 0.383 e. The Kier molecular flexibility index (Phi) is 27.1. The Hall–Kier alpha value is -3.04. The number of anilines is 1. The van der Waals surface area contributed by atoms with Gasteiger partial charge in [-0.3, -0.25) is 28.8 Å². The summed E-state index contributed by atoms with van der Waals surface area (Å²) in [5.41, 5.74) is 2.04. The number of Topliss-reactive ketones (excluding diaryl/α,β-unsaturated/α-hetero) is 6. The van der Waals surface area contributed by atoms with Crippen molar-refractivity contribution in [1.82, 2.24) is 10.6 Å². The molecule has 1 aromatic carbocycles. The molecule has 0 radical (unpaired) electrons. The molecule has 0 aliphatic carbocycles. The van der Waals surface area contributed by atoms with Crippen molar-refractivity contribution in [2.45, 2.75) is 187 Å². The van der Waals surface area contributed by atoms with E-state index in [1.165, 1.54) is 0 Å². The summed E-state index contributed by atoms with van der Waals surface area (Å²) in [6.07, 6.45) is 3.24. The van der Waals surface area contributed by atoms with Crippen LogP contribution in [0.4, 0.5) is 5.69 Å². The summed E-state index contributed by atoms with van der Waals surface area (Å²) in [6.45, 7) is 35.0. The second kappa shape index (κ2) is 27.5. The van der Waals surface area contributed by atoms with E-state index in [1.807, 2.05) is 137 Å². The molecule has 3 N–H and O–H groups in total. The van der Waals surface area contributed by atoms with E-state index >= 15 is 0 Å². The second-order valence-electron chi connectivity index (χ2n) is 17.7. The highest BCUT2D eigenvalue weighted by Crippen LogP contribution is 2.21. The van der Waals surface area contributed by atoms with Gasteiger partial charge in [0.15, 0.2) is 23.1 Å². The Balaban J connectivity index is 0. The Bertz CT molecular complexity index is 1300. The molecule has 0 saturated heterocycles. The third kappa shape index (κ3) is 23.6. The van der Waals surface area contributed by atoms with Crippen molar-refractivity contribution < 1.29 is 28.8 Å². The van der Waals surface area contributed by atoms with E-state index in [9.17, 15) is 28.8 Å². The molecule has 0 unspecified atom stereocenters. The first-order chi connectivity index (χ1) is 25.2. The monoisotopic (exact) mass is 772 g/mol. The van der Waals surface area contributed by atoms with E-state index < -0.39 is 0 Å². The zero-order valence-electron chi connectivity index (χ0n) is 38.1. The summed E-state index contributed by atoms with van der Waals surface area (Å²) < 4.78 is 0. The second-order valence-corrected chi connectivity index (χ2v) is 17.7. The Morgan fingerprint density at radius 1 is 0.436 bits per heavy atom. The number of carbonyl (C=O) groups excluding carboxylic acids is 6. The van der Waals surface area contributed by atoms with E-state index in [0.29, 0.717) is 36.4 Å². The molecule has 55 heavy (non-hydrogen) atoms. The van der Waals surface area contributed by atoms with Crippen molar-refractivity contribution >= 4 is 40.4 Å². The molecule has 1 aromatic rings. The van der Waals surface area contributed by atoms with Crippen molar-refractivity contribution in [2.24, 2.45) is 35.5 Å². The van der Waals surface area contributed by atoms with Gasteiger partial charge in [-0.1, -0.05) is 111 Å². The Morgan fingerprint density at radius 3 is 1.11 bits per heavy atom. The first-order valence-electron chi connectivity index (χ1n) is 20.9. The van der Waals surface area contributed by atoms with Crippen LogP contribution in [0.25, 0.3) is 0 Å². The van der Waals surface area contributed by atoms with Crippen molar-refractivity contribution in [2.75, 3.05) is 5.32 Å². The molecule has 0 aliphatic rings. The smallest absolute Gasteiger partial charge is 0.165 e. The highest BCUT2D eigenvalue weighted by molar-refractivity contribution is 6.04. The number of hydrogen-bond donors (Lipinski definition) is 3. The highest BCUT2D eigenvalue weighted by Gasteiger charge is 2.24. The maximum atomic E-state index is 12.2. The number of ketones is 6. The average molecular weight is 772 g/mol. The summed E-state index contributed by atoms with van der Waals surface area (Å²) in [5.74, 6) is 1.17. The molecule has 2 atom stereocenters. The van der Waals surface area contributed by atoms with Gasteiger partial charge in [0.25, 0.3) is 0 Å². The molecule has 316 valence electrons. The molecule has 0 bridgehead atoms. The van der Waals surface area contributed by atoms with Crippen LogP contribution in [0.1, 0.15) is 177 Å². The lowest BCUT2D eigenvalue weighted by Gasteiger charge is -2.22. The molecule has 0 aliphatic heterocycles. The highest BCUT2D eigenvalue weighted by atomic mass is 16.1. The molecule has 0 saturated carbocycles. The minimum atomic E-state index is -0.183. The van der Waals surface area contributed by atoms with Crippen molar-refractivity contribution in [3.8, 4) is 0 Å². The van der Waals surface area contributed by atoms with Crippen molar-refractivity contribution in [1.29, 1.82) is 0 Å². The number of nitrogens with one attached hydrogen (secondary N) is 3. The molecule has 0 aromatic heterocycles. The van der Waals surface area contributed by atoms with E-state index in [1.54, 1.807) is 6.07 Å². The predicted octanol–water partition coefficient (Wildman–Crippen LogP) is 9.74. The fourth-order valence-corrected chi connectivity index (χ4v) is 5.56. The summed E-state index contributed by atoms with van der Waals surface area (Å²) in [6, 6.07) is 5.90. The Labute approximate surface area is 336 Å². The molecule has 0 heterocycles. The fraction of sp³-hybridized carbons (Fsp3) is 0.739. The van der Waals surface area contributed by atoms with Crippen LogP contribution in [-0.2, 0) is 19.2 Å². The maximum Gasteiger partial charge on any atom is 0.165 e. The van der Waals surface area contributed by atoms with Crippen LogP contribution in [0.3, 0.4) is 0 Å². The fourth-order valence-electron chi connectivity index (χ4n) is 5.56. The van der Waals surface area contributed by atoms with Gasteiger partial charge < -0.3 is 16.0 Å². The van der Waals surface area contributed by atoms with Gasteiger partial charge in [0.1, 0.15) is 11.6 Å². The first kappa shape index (κ1) is 54.1. The lowest BCUT2D eigenvalue weighted by molar-refractivity contribution is -0.125. The van der Waals surface area contributed by atoms with Crippen molar-refractivity contribution in [3.05, 3.63) is 29.3 Å². The number of benzene rings is 1. The molecule has 0 fully saturated rings. The molecule has 0 spiro atoms. The van der Waals surface area contributed by atoms with E-state index in [4.69, 9.17) is 0 Å². The quantitative estimate of drug-likeness (QED) is 0.0929. The zero-order chi connectivity index (χ0) is 43.3. The van der Waals surface area contributed by atoms with Gasteiger partial charge in [0.2, 0.25) is 0 Å². The molecular formula is C46H81N3O6. The summed E-state index contributed by atoms with van der Waals surface area (Å²) in [7, 11) is 0. The van der Waals surface area contributed by atoms with Crippen LogP contribution in [-0.4, -0.2) is 64.9 Å². The van der Waals surface area contributed by atoms with Crippen LogP contribution in [0.5, 0.6) is 0 Å². The van der Waals surface area contributed by atoms with Crippen LogP contribution in [0, 0.1) is 35.5 Å². The minimum absolute atomic E-state index is 0.0143. The summed E-state index contributed by atoms with van der Waals surface area (Å²) in [4.78, 5) is 71.5. The van der Waals surface area contributed by atoms with Gasteiger partial charge >= 0.3 is 0 Å². The van der Waals surface area contributed by atoms with Crippen LogP contribution >= 0.6 is 0 Å². The molecule has 9 heteroatoms. The van der Waals surface area contributed by atoms with Gasteiger partial charge in [-0.2, -0.15) is 0 Å². The van der Waals surface area contributed by atoms with Crippen LogP contribution < -0.4 is 16.0 Å². The standard InChI is InChI=1S/C17H25NO2.C15H29NO2.C14H27NO2/c1-10(2)16(19)13-7-14(17(20)11(3)4)9-15(8-13)18-12(5)6;1-10(2)14(17)9-7-8-13(16-12(5)6)15(18)11(3)4;1-9(2)13(16)8-7-12(15-11(5)6)14(17)10(3)4/h7-12,18H,1-6H3;10-13,16H,7-9H2,1-6H3;9-12,15H,7-8H2,1-6H3/t;13-;12-/m.11/s1. The lowest BCUT2D eigenvalue weighted by Crippen LogP contribution is -2.43. The molecule has 9 nitrogen and oxygen atoms in total. The van der Waals surface area contributed by atoms with E-state index in [0.717, 1.165) is 18.5 Å². The third-order valence-electron chi connectivity index (χ3n) is 8.78. The SMILES string of the molecule is CC(C)N[C@H](CCC(=O)C(C)C)C(=O)C(C)C.CC(C)N[C@H](CCCC(=O)C(C)C)C(=O)C(C)C.CC(C)Nc1cc(C(=O)C(C)C)cc(C(=O)C(C)C)c1. The van der Waals surface area contributed by atoms with Gasteiger partial charge in [-0.05, 0) is 51.3 Å². The van der Waals surface area contributed by atoms with Gasteiger partial charge in [0, 0.05) is 83.3 Å². The molecule has 0 amide bonds. The number of rotatable bonds is 23. The first-order valence-corrected chi connectivity index (χ1v) is 20.9. The average Bonchev–Trinajstić information content (AvgIpc) is 3.07. The normalized spacial score (nSPS) is 12.6. The maximum absolute atomic E-state index is 12.2.